The van der Waals surface area contributed by atoms with E-state index in [4.69, 9.17) is 11.6 Å². The molecule has 6 nitrogen and oxygen atoms in total. The van der Waals surface area contributed by atoms with Crippen molar-refractivity contribution in [3.8, 4) is 0 Å². The van der Waals surface area contributed by atoms with Crippen LogP contribution in [0.2, 0.25) is 5.02 Å². The van der Waals surface area contributed by atoms with Crippen molar-refractivity contribution in [2.75, 3.05) is 18.0 Å². The van der Waals surface area contributed by atoms with Gasteiger partial charge in [0.1, 0.15) is 10.0 Å². The molecule has 3 saturated heterocycles. The van der Waals surface area contributed by atoms with E-state index in [0.717, 1.165) is 23.1 Å². The zero-order valence-corrected chi connectivity index (χ0v) is 15.3. The molecule has 5 rings (SSSR count). The Labute approximate surface area is 155 Å². The Bertz CT molecular complexity index is 886. The Kier molecular flexibility index (Phi) is 4.24. The second-order valence-electron chi connectivity index (χ2n) is 6.52. The summed E-state index contributed by atoms with van der Waals surface area (Å²) in [6.07, 6.45) is -1.85. The molecule has 0 aromatic carbocycles. The van der Waals surface area contributed by atoms with Gasteiger partial charge in [-0.25, -0.2) is 9.67 Å². The molecule has 3 aliphatic rings. The van der Waals surface area contributed by atoms with Crippen molar-refractivity contribution in [2.24, 2.45) is 7.05 Å². The lowest BCUT2D eigenvalue weighted by Crippen LogP contribution is -2.68. The molecule has 26 heavy (non-hydrogen) atoms. The van der Waals surface area contributed by atoms with Crippen LogP contribution in [0.3, 0.4) is 0 Å². The van der Waals surface area contributed by atoms with Gasteiger partial charge in [-0.05, 0) is 6.42 Å². The minimum absolute atomic E-state index is 0.144. The van der Waals surface area contributed by atoms with Gasteiger partial charge < -0.3 is 4.90 Å². The number of piperazine rings is 1. The Morgan fingerprint density at radius 3 is 2.65 bits per heavy atom. The van der Waals surface area contributed by atoms with Crippen molar-refractivity contribution in [3.63, 3.8) is 0 Å². The summed E-state index contributed by atoms with van der Waals surface area (Å²) in [6, 6.07) is 0.402. The van der Waals surface area contributed by atoms with Gasteiger partial charge in [0.25, 0.3) is 5.56 Å². The first-order valence-electron chi connectivity index (χ1n) is 7.98. The van der Waals surface area contributed by atoms with Crippen molar-refractivity contribution >= 4 is 28.6 Å². The van der Waals surface area contributed by atoms with E-state index in [0.29, 0.717) is 30.3 Å². The molecule has 0 radical (unpaired) electrons. The summed E-state index contributed by atoms with van der Waals surface area (Å²) >= 11 is 7.20. The zero-order chi connectivity index (χ0) is 18.6. The van der Waals surface area contributed by atoms with Gasteiger partial charge in [0.05, 0.1) is 18.4 Å². The number of aromatic nitrogens is 3. The van der Waals surface area contributed by atoms with Gasteiger partial charge in [0.15, 0.2) is 5.69 Å². The highest BCUT2D eigenvalue weighted by molar-refractivity contribution is 7.09. The molecule has 2 aromatic rings. The van der Waals surface area contributed by atoms with Gasteiger partial charge in [-0.1, -0.05) is 11.6 Å². The van der Waals surface area contributed by atoms with Crippen LogP contribution in [0.5, 0.6) is 0 Å². The number of fused-ring (bicyclic) bond motifs is 2. The standard InChI is InChI=1S/C15H15ClF3N5OS/c1-22-14(25)13(16)10(3-20-22)23-4-8-2-9(5-23)24(8)6-12-21-11(7-26-12)15(17,18)19/h3,7-9H,2,4-6H2,1H3. The van der Waals surface area contributed by atoms with E-state index >= 15 is 0 Å². The number of hydrogen-bond acceptors (Lipinski definition) is 6. The van der Waals surface area contributed by atoms with E-state index in [-0.39, 0.29) is 22.7 Å². The average molecular weight is 406 g/mol. The van der Waals surface area contributed by atoms with Crippen LogP contribution in [-0.4, -0.2) is 44.8 Å². The van der Waals surface area contributed by atoms with E-state index in [1.807, 2.05) is 4.90 Å². The number of aryl methyl sites for hydroxylation is 1. The lowest BCUT2D eigenvalue weighted by molar-refractivity contribution is -0.140. The van der Waals surface area contributed by atoms with Crippen LogP contribution < -0.4 is 10.5 Å². The van der Waals surface area contributed by atoms with Gasteiger partial charge in [-0.15, -0.1) is 11.3 Å². The fraction of sp³-hybridized carbons (Fsp3) is 0.533. The first kappa shape index (κ1) is 17.7. The molecule has 3 aliphatic heterocycles. The Balaban J connectivity index is 1.45. The summed E-state index contributed by atoms with van der Waals surface area (Å²) in [5.41, 5.74) is -0.566. The summed E-state index contributed by atoms with van der Waals surface area (Å²) < 4.78 is 39.2. The molecule has 2 bridgehead atoms. The lowest BCUT2D eigenvalue weighted by atomic mass is 9.87. The maximum Gasteiger partial charge on any atom is 0.434 e. The van der Waals surface area contributed by atoms with Crippen molar-refractivity contribution in [1.29, 1.82) is 0 Å². The molecule has 0 spiro atoms. The molecule has 0 N–H and O–H groups in total. The topological polar surface area (TPSA) is 54.3 Å². The van der Waals surface area contributed by atoms with Gasteiger partial charge >= 0.3 is 6.18 Å². The molecule has 140 valence electrons. The first-order chi connectivity index (χ1) is 12.2. The SMILES string of the molecule is Cn1ncc(N2CC3CC(C2)N3Cc2nc(C(F)(F)F)cs2)c(Cl)c1=O. The number of nitrogens with zero attached hydrogens (tertiary/aromatic N) is 5. The van der Waals surface area contributed by atoms with Crippen molar-refractivity contribution < 1.29 is 13.2 Å². The van der Waals surface area contributed by atoms with Gasteiger partial charge in [0.2, 0.25) is 0 Å². The molecular formula is C15H15ClF3N5OS. The van der Waals surface area contributed by atoms with E-state index < -0.39 is 11.9 Å². The predicted octanol–water partition coefficient (Wildman–Crippen LogP) is 2.37. The zero-order valence-electron chi connectivity index (χ0n) is 13.7. The van der Waals surface area contributed by atoms with Crippen LogP contribution in [0.15, 0.2) is 16.4 Å². The molecule has 0 aliphatic carbocycles. The average Bonchev–Trinajstić information content (AvgIpc) is 3.07. The molecule has 0 amide bonds. The van der Waals surface area contributed by atoms with Gasteiger partial charge in [0, 0.05) is 37.6 Å². The van der Waals surface area contributed by atoms with E-state index in [1.165, 1.54) is 11.7 Å². The van der Waals surface area contributed by atoms with Crippen molar-refractivity contribution in [2.45, 2.75) is 31.2 Å². The van der Waals surface area contributed by atoms with Crippen LogP contribution in [0, 0.1) is 0 Å². The predicted molar refractivity (Wildman–Crippen MR) is 91.6 cm³/mol. The van der Waals surface area contributed by atoms with Crippen LogP contribution in [-0.2, 0) is 19.8 Å². The number of anilines is 1. The fourth-order valence-corrected chi connectivity index (χ4v) is 4.63. The van der Waals surface area contributed by atoms with Crippen LogP contribution >= 0.6 is 22.9 Å². The number of halogens is 4. The highest BCUT2D eigenvalue weighted by Gasteiger charge is 2.45. The number of thiazole rings is 1. The lowest BCUT2D eigenvalue weighted by Gasteiger charge is -2.56. The highest BCUT2D eigenvalue weighted by Crippen LogP contribution is 2.38. The highest BCUT2D eigenvalue weighted by atomic mass is 35.5. The molecular weight excluding hydrogens is 391 g/mol. The van der Waals surface area contributed by atoms with Crippen LogP contribution in [0.25, 0.3) is 0 Å². The van der Waals surface area contributed by atoms with E-state index in [1.54, 1.807) is 6.20 Å². The summed E-state index contributed by atoms with van der Waals surface area (Å²) in [5, 5.41) is 5.68. The van der Waals surface area contributed by atoms with Crippen molar-refractivity contribution in [3.05, 3.63) is 37.7 Å². The van der Waals surface area contributed by atoms with Gasteiger partial charge in [-0.2, -0.15) is 18.3 Å². The van der Waals surface area contributed by atoms with Crippen LogP contribution in [0.1, 0.15) is 17.1 Å². The number of rotatable bonds is 3. The quantitative estimate of drug-likeness (QED) is 0.784. The van der Waals surface area contributed by atoms with Gasteiger partial charge in [-0.3, -0.25) is 9.69 Å². The summed E-state index contributed by atoms with van der Waals surface area (Å²) in [5.74, 6) is 0. The Morgan fingerprint density at radius 2 is 2.04 bits per heavy atom. The second-order valence-corrected chi connectivity index (χ2v) is 7.84. The third kappa shape index (κ3) is 2.99. The molecule has 2 atom stereocenters. The molecule has 0 saturated carbocycles. The largest absolute Gasteiger partial charge is 0.434 e. The minimum Gasteiger partial charge on any atom is -0.366 e. The number of piperidine rings is 1. The minimum atomic E-state index is -4.40. The number of hydrogen-bond donors (Lipinski definition) is 0. The molecule has 3 fully saturated rings. The summed E-state index contributed by atoms with van der Waals surface area (Å²) in [6.45, 7) is 1.72. The molecule has 5 heterocycles. The Morgan fingerprint density at radius 1 is 1.35 bits per heavy atom. The molecule has 2 aromatic heterocycles. The monoisotopic (exact) mass is 405 g/mol. The Hall–Kier alpha value is -1.65. The van der Waals surface area contributed by atoms with E-state index in [9.17, 15) is 18.0 Å². The van der Waals surface area contributed by atoms with E-state index in [2.05, 4.69) is 15.0 Å². The third-order valence-corrected chi connectivity index (χ3v) is 6.09. The maximum absolute atomic E-state index is 12.7. The first-order valence-corrected chi connectivity index (χ1v) is 9.24. The smallest absolute Gasteiger partial charge is 0.366 e. The second kappa shape index (κ2) is 6.21. The molecule has 2 unspecified atom stereocenters. The molecule has 11 heteroatoms. The summed E-state index contributed by atoms with van der Waals surface area (Å²) in [4.78, 5) is 19.8. The van der Waals surface area contributed by atoms with Crippen LogP contribution in [0.4, 0.5) is 18.9 Å². The van der Waals surface area contributed by atoms with Crippen molar-refractivity contribution in [1.82, 2.24) is 19.7 Å². The normalized spacial score (nSPS) is 23.2. The summed E-state index contributed by atoms with van der Waals surface area (Å²) in [7, 11) is 1.54. The maximum atomic E-state index is 12.7. The fourth-order valence-electron chi connectivity index (χ4n) is 3.53. The number of alkyl halides is 3. The third-order valence-electron chi connectivity index (χ3n) is 4.90.